The molecule has 1 amide bonds. The Kier molecular flexibility index (Phi) is 3.97. The van der Waals surface area contributed by atoms with E-state index in [0.717, 1.165) is 19.4 Å². The third kappa shape index (κ3) is 3.46. The van der Waals surface area contributed by atoms with Gasteiger partial charge in [-0.3, -0.25) is 4.79 Å². The lowest BCUT2D eigenvalue weighted by Gasteiger charge is -2.28. The Labute approximate surface area is 97.9 Å². The molecular formula is C12H24N2O2. The smallest absolute Gasteiger partial charge is 0.237 e. The molecule has 0 aliphatic carbocycles. The largest absolute Gasteiger partial charge is 0.373 e. The van der Waals surface area contributed by atoms with E-state index in [1.54, 1.807) is 0 Å². The summed E-state index contributed by atoms with van der Waals surface area (Å²) in [4.78, 5) is 11.8. The number of rotatable bonds is 3. The summed E-state index contributed by atoms with van der Waals surface area (Å²) < 4.78 is 5.60. The van der Waals surface area contributed by atoms with Crippen LogP contribution in [0.4, 0.5) is 0 Å². The van der Waals surface area contributed by atoms with Gasteiger partial charge in [0.05, 0.1) is 11.6 Å². The topological polar surface area (TPSA) is 64.4 Å². The lowest BCUT2D eigenvalue weighted by atomic mass is 9.87. The van der Waals surface area contributed by atoms with Gasteiger partial charge in [-0.15, -0.1) is 0 Å². The van der Waals surface area contributed by atoms with Gasteiger partial charge in [0.25, 0.3) is 0 Å². The van der Waals surface area contributed by atoms with Crippen LogP contribution in [-0.2, 0) is 9.53 Å². The molecule has 1 aliphatic rings. The van der Waals surface area contributed by atoms with E-state index in [9.17, 15) is 4.79 Å². The first-order chi connectivity index (χ1) is 7.25. The molecule has 0 aromatic rings. The molecule has 3 N–H and O–H groups in total. The minimum atomic E-state index is -0.475. The van der Waals surface area contributed by atoms with Crippen molar-refractivity contribution in [2.45, 2.75) is 52.2 Å². The number of nitrogens with one attached hydrogen (secondary N) is 1. The first-order valence-electron chi connectivity index (χ1n) is 5.92. The fourth-order valence-corrected chi connectivity index (χ4v) is 1.75. The molecule has 0 radical (unpaired) electrons. The molecule has 1 heterocycles. The lowest BCUT2D eigenvalue weighted by Crippen LogP contribution is -2.51. The van der Waals surface area contributed by atoms with Crippen LogP contribution in [0.5, 0.6) is 0 Å². The maximum absolute atomic E-state index is 11.8. The number of nitrogens with two attached hydrogens (primary N) is 1. The van der Waals surface area contributed by atoms with E-state index in [1.807, 2.05) is 27.7 Å². The minimum absolute atomic E-state index is 0.0933. The number of carbonyl (C=O) groups excluding carboxylic acids is 1. The molecule has 1 rings (SSSR count). The van der Waals surface area contributed by atoms with Crippen LogP contribution in [0.15, 0.2) is 0 Å². The maximum atomic E-state index is 11.8. The van der Waals surface area contributed by atoms with Crippen molar-refractivity contribution in [2.24, 2.45) is 11.1 Å². The third-order valence-corrected chi connectivity index (χ3v) is 3.15. The number of hydrogen-bond donors (Lipinski definition) is 2. The van der Waals surface area contributed by atoms with Gasteiger partial charge in [0, 0.05) is 13.2 Å². The molecule has 1 unspecified atom stereocenters. The van der Waals surface area contributed by atoms with Crippen molar-refractivity contribution < 1.29 is 9.53 Å². The Morgan fingerprint density at radius 1 is 1.56 bits per heavy atom. The van der Waals surface area contributed by atoms with Crippen LogP contribution < -0.4 is 11.1 Å². The molecule has 0 spiro atoms. The summed E-state index contributed by atoms with van der Waals surface area (Å²) >= 11 is 0. The molecule has 0 saturated carbocycles. The summed E-state index contributed by atoms with van der Waals surface area (Å²) in [6.07, 6.45) is 2.07. The molecular weight excluding hydrogens is 204 g/mol. The predicted octanol–water partition coefficient (Wildman–Crippen LogP) is 1.05. The molecule has 0 bridgehead atoms. The van der Waals surface area contributed by atoms with Gasteiger partial charge in [0.1, 0.15) is 0 Å². The predicted molar refractivity (Wildman–Crippen MR) is 64.0 cm³/mol. The van der Waals surface area contributed by atoms with Crippen molar-refractivity contribution in [3.8, 4) is 0 Å². The van der Waals surface area contributed by atoms with E-state index in [2.05, 4.69) is 5.32 Å². The number of ether oxygens (including phenoxy) is 1. The van der Waals surface area contributed by atoms with Crippen molar-refractivity contribution in [1.29, 1.82) is 0 Å². The number of amides is 1. The Bertz CT molecular complexity index is 252. The van der Waals surface area contributed by atoms with Gasteiger partial charge in [0.15, 0.2) is 0 Å². The highest BCUT2D eigenvalue weighted by Crippen LogP contribution is 2.24. The SMILES string of the molecule is CC1(CNC(=O)[C@H](N)C(C)(C)C)CCCO1. The molecule has 4 nitrogen and oxygen atoms in total. The summed E-state index contributed by atoms with van der Waals surface area (Å²) in [6.45, 7) is 9.26. The van der Waals surface area contributed by atoms with Gasteiger partial charge >= 0.3 is 0 Å². The van der Waals surface area contributed by atoms with Gasteiger partial charge in [-0.05, 0) is 25.2 Å². The third-order valence-electron chi connectivity index (χ3n) is 3.15. The van der Waals surface area contributed by atoms with Gasteiger partial charge in [0.2, 0.25) is 5.91 Å². The van der Waals surface area contributed by atoms with Crippen LogP contribution in [0.3, 0.4) is 0 Å². The first-order valence-corrected chi connectivity index (χ1v) is 5.92. The molecule has 0 aromatic heterocycles. The van der Waals surface area contributed by atoms with Gasteiger partial charge in [-0.25, -0.2) is 0 Å². The van der Waals surface area contributed by atoms with Gasteiger partial charge in [-0.1, -0.05) is 20.8 Å². The Hall–Kier alpha value is -0.610. The van der Waals surface area contributed by atoms with Crippen molar-refractivity contribution in [2.75, 3.05) is 13.2 Å². The monoisotopic (exact) mass is 228 g/mol. The second kappa shape index (κ2) is 4.72. The summed E-state index contributed by atoms with van der Waals surface area (Å²) in [5, 5.41) is 2.88. The fourth-order valence-electron chi connectivity index (χ4n) is 1.75. The minimum Gasteiger partial charge on any atom is -0.373 e. The zero-order chi connectivity index (χ0) is 12.4. The molecule has 4 heteroatoms. The van der Waals surface area contributed by atoms with E-state index in [-0.39, 0.29) is 16.9 Å². The standard InChI is InChI=1S/C12H24N2O2/c1-11(2,3)9(13)10(15)14-8-12(4)6-5-7-16-12/h9H,5-8,13H2,1-4H3,(H,14,15)/t9-,12?/m0/s1. The highest BCUT2D eigenvalue weighted by molar-refractivity contribution is 5.82. The zero-order valence-corrected chi connectivity index (χ0v) is 10.8. The fraction of sp³-hybridized carbons (Fsp3) is 0.917. The first kappa shape index (κ1) is 13.5. The molecule has 0 aromatic carbocycles. The summed E-state index contributed by atoms with van der Waals surface area (Å²) in [6, 6.07) is -0.475. The van der Waals surface area contributed by atoms with E-state index in [1.165, 1.54) is 0 Å². The molecule has 1 fully saturated rings. The second-order valence-corrected chi connectivity index (χ2v) is 5.96. The van der Waals surface area contributed by atoms with Crippen LogP contribution in [-0.4, -0.2) is 30.7 Å². The molecule has 2 atom stereocenters. The molecule has 94 valence electrons. The highest BCUT2D eigenvalue weighted by atomic mass is 16.5. The second-order valence-electron chi connectivity index (χ2n) is 5.96. The molecule has 1 saturated heterocycles. The highest BCUT2D eigenvalue weighted by Gasteiger charge is 2.32. The molecule has 1 aliphatic heterocycles. The average Bonchev–Trinajstić information content (AvgIpc) is 2.60. The summed E-state index contributed by atoms with van der Waals surface area (Å²) in [5.41, 5.74) is 5.46. The van der Waals surface area contributed by atoms with Crippen LogP contribution in [0.1, 0.15) is 40.5 Å². The Balaban J connectivity index is 2.40. The van der Waals surface area contributed by atoms with E-state index in [4.69, 9.17) is 10.5 Å². The summed E-state index contributed by atoms with van der Waals surface area (Å²) in [7, 11) is 0. The normalized spacial score (nSPS) is 27.8. The van der Waals surface area contributed by atoms with Crippen LogP contribution in [0.25, 0.3) is 0 Å². The molecule has 16 heavy (non-hydrogen) atoms. The van der Waals surface area contributed by atoms with Crippen LogP contribution >= 0.6 is 0 Å². The van der Waals surface area contributed by atoms with Gasteiger partial charge < -0.3 is 15.8 Å². The van der Waals surface area contributed by atoms with Crippen molar-refractivity contribution in [3.63, 3.8) is 0 Å². The Morgan fingerprint density at radius 3 is 2.62 bits per heavy atom. The van der Waals surface area contributed by atoms with Gasteiger partial charge in [-0.2, -0.15) is 0 Å². The van der Waals surface area contributed by atoms with Crippen molar-refractivity contribution in [3.05, 3.63) is 0 Å². The average molecular weight is 228 g/mol. The van der Waals surface area contributed by atoms with Crippen molar-refractivity contribution >= 4 is 5.91 Å². The van der Waals surface area contributed by atoms with E-state index < -0.39 is 6.04 Å². The summed E-state index contributed by atoms with van der Waals surface area (Å²) in [5.74, 6) is -0.0933. The quantitative estimate of drug-likeness (QED) is 0.758. The zero-order valence-electron chi connectivity index (χ0n) is 10.8. The number of hydrogen-bond acceptors (Lipinski definition) is 3. The van der Waals surface area contributed by atoms with Crippen molar-refractivity contribution in [1.82, 2.24) is 5.32 Å². The van der Waals surface area contributed by atoms with E-state index in [0.29, 0.717) is 6.54 Å². The lowest BCUT2D eigenvalue weighted by molar-refractivity contribution is -0.125. The van der Waals surface area contributed by atoms with Crippen LogP contribution in [0.2, 0.25) is 0 Å². The van der Waals surface area contributed by atoms with E-state index >= 15 is 0 Å². The number of carbonyl (C=O) groups is 1. The van der Waals surface area contributed by atoms with Crippen LogP contribution in [0, 0.1) is 5.41 Å². The Morgan fingerprint density at radius 2 is 2.19 bits per heavy atom. The maximum Gasteiger partial charge on any atom is 0.237 e.